The second kappa shape index (κ2) is 9.19. The fourth-order valence-corrected chi connectivity index (χ4v) is 3.62. The van der Waals surface area contributed by atoms with Gasteiger partial charge < -0.3 is 14.2 Å². The van der Waals surface area contributed by atoms with Crippen LogP contribution in [0.25, 0.3) is 0 Å². The lowest BCUT2D eigenvalue weighted by atomic mass is 10.2. The summed E-state index contributed by atoms with van der Waals surface area (Å²) in [6.45, 7) is 4.12. The minimum Gasteiger partial charge on any atom is -0.497 e. The first-order valence-electron chi connectivity index (χ1n) is 9.04. The standard InChI is InChI=1S/C20H24BrN3O3/c1-27-18-6-3-16(4-7-18)13-22-9-2-10-23(12-11-22)20(26)15-24-14-17(21)5-8-19(24)25/h3-8,14H,2,9-13,15H2,1H3. The van der Waals surface area contributed by atoms with Crippen molar-refractivity contribution in [1.82, 2.24) is 14.4 Å². The number of hydrogen-bond donors (Lipinski definition) is 0. The van der Waals surface area contributed by atoms with Gasteiger partial charge in [0.05, 0.1) is 7.11 Å². The van der Waals surface area contributed by atoms with Crippen molar-refractivity contribution in [3.8, 4) is 5.75 Å². The maximum Gasteiger partial charge on any atom is 0.251 e. The molecule has 0 bridgehead atoms. The van der Waals surface area contributed by atoms with Crippen molar-refractivity contribution in [2.45, 2.75) is 19.5 Å². The first kappa shape index (κ1) is 19.6. The Morgan fingerprint density at radius 2 is 1.85 bits per heavy atom. The molecule has 3 rings (SSSR count). The van der Waals surface area contributed by atoms with Crippen molar-refractivity contribution in [2.24, 2.45) is 0 Å². The molecule has 1 saturated heterocycles. The Morgan fingerprint density at radius 1 is 1.07 bits per heavy atom. The molecule has 0 atom stereocenters. The van der Waals surface area contributed by atoms with Gasteiger partial charge in [-0.25, -0.2) is 0 Å². The van der Waals surface area contributed by atoms with Gasteiger partial charge in [-0.05, 0) is 46.1 Å². The van der Waals surface area contributed by atoms with Crippen LogP contribution in [0, 0.1) is 0 Å². The van der Waals surface area contributed by atoms with Crippen LogP contribution < -0.4 is 10.3 Å². The number of carbonyl (C=O) groups is 1. The maximum absolute atomic E-state index is 12.6. The number of aromatic nitrogens is 1. The van der Waals surface area contributed by atoms with Crippen molar-refractivity contribution >= 4 is 21.8 Å². The van der Waals surface area contributed by atoms with Crippen LogP contribution in [0.15, 0.2) is 51.9 Å². The van der Waals surface area contributed by atoms with Gasteiger partial charge in [-0.1, -0.05) is 12.1 Å². The summed E-state index contributed by atoms with van der Waals surface area (Å²) in [5.41, 5.74) is 1.07. The molecule has 0 N–H and O–H groups in total. The van der Waals surface area contributed by atoms with E-state index >= 15 is 0 Å². The van der Waals surface area contributed by atoms with Crippen molar-refractivity contribution in [1.29, 1.82) is 0 Å². The largest absolute Gasteiger partial charge is 0.497 e. The number of ether oxygens (including phenoxy) is 1. The molecule has 1 amide bonds. The highest BCUT2D eigenvalue weighted by molar-refractivity contribution is 9.10. The molecule has 1 aliphatic heterocycles. The van der Waals surface area contributed by atoms with E-state index in [2.05, 4.69) is 33.0 Å². The van der Waals surface area contributed by atoms with Crippen molar-refractivity contribution in [3.63, 3.8) is 0 Å². The lowest BCUT2D eigenvalue weighted by Crippen LogP contribution is -2.38. The third kappa shape index (κ3) is 5.43. The van der Waals surface area contributed by atoms with Gasteiger partial charge in [-0.2, -0.15) is 0 Å². The number of hydrogen-bond acceptors (Lipinski definition) is 4. The smallest absolute Gasteiger partial charge is 0.251 e. The molecule has 2 aromatic rings. The van der Waals surface area contributed by atoms with Gasteiger partial charge in [-0.3, -0.25) is 14.5 Å². The fraction of sp³-hybridized carbons (Fsp3) is 0.400. The first-order chi connectivity index (χ1) is 13.0. The average molecular weight is 434 g/mol. The van der Waals surface area contributed by atoms with Crippen molar-refractivity contribution in [2.75, 3.05) is 33.3 Å². The predicted octanol–water partition coefficient (Wildman–Crippen LogP) is 2.35. The summed E-state index contributed by atoms with van der Waals surface area (Å²) in [6, 6.07) is 11.2. The van der Waals surface area contributed by atoms with Gasteiger partial charge in [0.15, 0.2) is 0 Å². The van der Waals surface area contributed by atoms with Crippen LogP contribution in [-0.4, -0.2) is 53.6 Å². The molecule has 1 aliphatic rings. The van der Waals surface area contributed by atoms with E-state index < -0.39 is 0 Å². The number of benzene rings is 1. The molecule has 0 spiro atoms. The summed E-state index contributed by atoms with van der Waals surface area (Å²) in [5.74, 6) is 0.843. The van der Waals surface area contributed by atoms with Crippen LogP contribution in [0.1, 0.15) is 12.0 Å². The van der Waals surface area contributed by atoms with Crippen molar-refractivity contribution < 1.29 is 9.53 Å². The average Bonchev–Trinajstić information content (AvgIpc) is 2.91. The Balaban J connectivity index is 1.56. The Bertz CT molecular complexity index is 835. The second-order valence-electron chi connectivity index (χ2n) is 6.67. The fourth-order valence-electron chi connectivity index (χ4n) is 3.24. The lowest BCUT2D eigenvalue weighted by molar-refractivity contribution is -0.131. The summed E-state index contributed by atoms with van der Waals surface area (Å²) < 4.78 is 7.44. The van der Waals surface area contributed by atoms with Gasteiger partial charge in [-0.15, -0.1) is 0 Å². The van der Waals surface area contributed by atoms with Gasteiger partial charge in [0.1, 0.15) is 12.3 Å². The van der Waals surface area contributed by atoms with Crippen molar-refractivity contribution in [3.05, 3.63) is 63.0 Å². The minimum absolute atomic E-state index is 0.0125. The summed E-state index contributed by atoms with van der Waals surface area (Å²) in [4.78, 5) is 28.8. The highest BCUT2D eigenvalue weighted by Crippen LogP contribution is 2.14. The predicted molar refractivity (Wildman–Crippen MR) is 108 cm³/mol. The van der Waals surface area contributed by atoms with Gasteiger partial charge in [0.2, 0.25) is 5.91 Å². The van der Waals surface area contributed by atoms with Crippen LogP contribution in [0.4, 0.5) is 0 Å². The molecule has 7 heteroatoms. The molecular formula is C20H24BrN3O3. The number of methoxy groups -OCH3 is 1. The number of halogens is 1. The molecule has 6 nitrogen and oxygen atoms in total. The van der Waals surface area contributed by atoms with E-state index in [1.54, 1.807) is 19.4 Å². The van der Waals surface area contributed by atoms with E-state index in [4.69, 9.17) is 4.74 Å². The van der Waals surface area contributed by atoms with E-state index in [1.165, 1.54) is 16.2 Å². The highest BCUT2D eigenvalue weighted by atomic mass is 79.9. The SMILES string of the molecule is COc1ccc(CN2CCCN(C(=O)Cn3cc(Br)ccc3=O)CC2)cc1. The van der Waals surface area contributed by atoms with E-state index in [0.29, 0.717) is 6.54 Å². The molecule has 0 saturated carbocycles. The molecule has 1 aromatic heterocycles. The molecule has 144 valence electrons. The maximum atomic E-state index is 12.6. The molecule has 0 radical (unpaired) electrons. The molecule has 1 aromatic carbocycles. The Kier molecular flexibility index (Phi) is 6.68. The lowest BCUT2D eigenvalue weighted by Gasteiger charge is -2.22. The van der Waals surface area contributed by atoms with Crippen LogP contribution in [0.3, 0.4) is 0 Å². The second-order valence-corrected chi connectivity index (χ2v) is 7.59. The first-order valence-corrected chi connectivity index (χ1v) is 9.83. The van der Waals surface area contributed by atoms with Gasteiger partial charge in [0, 0.05) is 49.5 Å². The summed E-state index contributed by atoms with van der Waals surface area (Å²) >= 11 is 3.34. The molecular weight excluding hydrogens is 410 g/mol. The summed E-state index contributed by atoms with van der Waals surface area (Å²) in [7, 11) is 1.66. The third-order valence-corrected chi connectivity index (χ3v) is 5.23. The zero-order chi connectivity index (χ0) is 19.2. The molecule has 27 heavy (non-hydrogen) atoms. The summed E-state index contributed by atoms with van der Waals surface area (Å²) in [6.07, 6.45) is 2.59. The highest BCUT2D eigenvalue weighted by Gasteiger charge is 2.19. The van der Waals surface area contributed by atoms with E-state index in [1.807, 2.05) is 17.0 Å². The Morgan fingerprint density at radius 3 is 2.59 bits per heavy atom. The van der Waals surface area contributed by atoms with E-state index in [9.17, 15) is 9.59 Å². The van der Waals surface area contributed by atoms with Gasteiger partial charge >= 0.3 is 0 Å². The van der Waals surface area contributed by atoms with Crippen LogP contribution in [0.2, 0.25) is 0 Å². The van der Waals surface area contributed by atoms with Crippen LogP contribution in [-0.2, 0) is 17.9 Å². The van der Waals surface area contributed by atoms with E-state index in [0.717, 1.165) is 42.8 Å². The quantitative estimate of drug-likeness (QED) is 0.725. The number of nitrogens with zero attached hydrogens (tertiary/aromatic N) is 3. The molecule has 2 heterocycles. The number of amides is 1. The monoisotopic (exact) mass is 433 g/mol. The topological polar surface area (TPSA) is 54.8 Å². The number of pyridine rings is 1. The Labute approximate surface area is 167 Å². The van der Waals surface area contributed by atoms with Gasteiger partial charge in [0.25, 0.3) is 5.56 Å². The summed E-state index contributed by atoms with van der Waals surface area (Å²) in [5, 5.41) is 0. The Hall–Kier alpha value is -2.12. The van der Waals surface area contributed by atoms with Crippen LogP contribution >= 0.6 is 15.9 Å². The third-order valence-electron chi connectivity index (χ3n) is 4.76. The zero-order valence-electron chi connectivity index (χ0n) is 15.4. The molecule has 0 aliphatic carbocycles. The minimum atomic E-state index is -0.164. The molecule has 1 fully saturated rings. The normalized spacial score (nSPS) is 15.4. The zero-order valence-corrected chi connectivity index (χ0v) is 17.0. The van der Waals surface area contributed by atoms with E-state index in [-0.39, 0.29) is 18.0 Å². The number of carbonyl (C=O) groups excluding carboxylic acids is 1. The molecule has 0 unspecified atom stereocenters. The van der Waals surface area contributed by atoms with Crippen LogP contribution in [0.5, 0.6) is 5.75 Å². The number of rotatable bonds is 5.